The van der Waals surface area contributed by atoms with Crippen LogP contribution in [0.1, 0.15) is 81.8 Å². The average molecular weight is 809 g/mol. The summed E-state index contributed by atoms with van der Waals surface area (Å²) in [6.07, 6.45) is 0. The minimum Gasteiger partial charge on any atom is -0.0619 e. The van der Waals surface area contributed by atoms with Gasteiger partial charge in [0.1, 0.15) is 0 Å². The van der Waals surface area contributed by atoms with Crippen molar-refractivity contribution >= 4 is 32.3 Å². The Morgan fingerprint density at radius 3 is 1.27 bits per heavy atom. The van der Waals surface area contributed by atoms with Crippen molar-refractivity contribution < 1.29 is 0 Å². The molecule has 0 heterocycles. The van der Waals surface area contributed by atoms with Crippen molar-refractivity contribution in [2.45, 2.75) is 71.6 Å². The highest BCUT2D eigenvalue weighted by Crippen LogP contribution is 2.53. The van der Waals surface area contributed by atoms with Gasteiger partial charge in [-0.25, -0.2) is 0 Å². The molecule has 0 aliphatic heterocycles. The molecule has 0 saturated heterocycles. The normalized spacial score (nSPS) is 14.6. The topological polar surface area (TPSA) is 0 Å². The lowest BCUT2D eigenvalue weighted by Crippen LogP contribution is -2.15. The minimum absolute atomic E-state index is 0.0164. The summed E-state index contributed by atoms with van der Waals surface area (Å²) in [6, 6.07) is 65.1. The fourth-order valence-electron chi connectivity index (χ4n) is 11.4. The molecule has 0 N–H and O–H groups in total. The first-order valence-electron chi connectivity index (χ1n) is 22.7. The maximum absolute atomic E-state index is 2.46. The number of hydrogen-bond acceptors (Lipinski definition) is 0. The lowest BCUT2D eigenvalue weighted by atomic mass is 9.80. The molecule has 0 unspecified atom stereocenters. The van der Waals surface area contributed by atoms with Crippen LogP contribution in [0, 0.1) is 6.92 Å². The fraction of sp³-hybridized carbons (Fsp3) is 0.175. The van der Waals surface area contributed by atoms with Crippen molar-refractivity contribution in [2.75, 3.05) is 0 Å². The summed E-state index contributed by atoms with van der Waals surface area (Å²) in [5, 5.41) is 8.10. The molecule has 0 nitrogen and oxygen atoms in total. The molecule has 304 valence electrons. The van der Waals surface area contributed by atoms with Crippen LogP contribution < -0.4 is 0 Å². The van der Waals surface area contributed by atoms with Gasteiger partial charge < -0.3 is 0 Å². The van der Waals surface area contributed by atoms with Crippen molar-refractivity contribution in [3.05, 3.63) is 203 Å². The highest BCUT2D eigenvalue weighted by Gasteiger charge is 2.37. The van der Waals surface area contributed by atoms with E-state index in [9.17, 15) is 0 Å². The van der Waals surface area contributed by atoms with Crippen molar-refractivity contribution in [2.24, 2.45) is 0 Å². The molecule has 0 radical (unpaired) electrons. The maximum atomic E-state index is 2.46. The largest absolute Gasteiger partial charge is 0.0619 e. The van der Waals surface area contributed by atoms with Crippen molar-refractivity contribution in [1.82, 2.24) is 0 Å². The number of rotatable bonds is 4. The van der Waals surface area contributed by atoms with Gasteiger partial charge in [0.15, 0.2) is 0 Å². The first kappa shape index (κ1) is 38.0. The first-order chi connectivity index (χ1) is 30.3. The van der Waals surface area contributed by atoms with E-state index in [2.05, 4.69) is 225 Å². The summed E-state index contributed by atoms with van der Waals surface area (Å²) in [7, 11) is 0. The third kappa shape index (κ3) is 5.60. The standard InChI is InChI=1S/C63H52/c1-37-31-54(53-30-25-46-33-47(61(2,3)4)32-45-24-26-48(37)60(53)59(45)46)41-19-17-39(18-20-41)38-13-15-40(16-14-38)42-21-27-51-52-29-23-44(36-58(52)63(7,8)57(51)34-42)43-22-28-50-49-11-9-10-12-55(49)62(5,6)56(50)35-43/h9-36H,1-8H3. The van der Waals surface area contributed by atoms with E-state index in [1.54, 1.807) is 0 Å². The lowest BCUT2D eigenvalue weighted by molar-refractivity contribution is 0.591. The summed E-state index contributed by atoms with van der Waals surface area (Å²) in [5.41, 5.74) is 23.8. The molecule has 10 aromatic rings. The van der Waals surface area contributed by atoms with Gasteiger partial charge in [-0.3, -0.25) is 0 Å². The van der Waals surface area contributed by atoms with Crippen LogP contribution in [0.25, 0.3) is 99.1 Å². The Morgan fingerprint density at radius 2 is 0.746 bits per heavy atom. The smallest absolute Gasteiger partial charge is 0.0159 e. The van der Waals surface area contributed by atoms with E-state index in [-0.39, 0.29) is 16.2 Å². The lowest BCUT2D eigenvalue weighted by Gasteiger charge is -2.23. The van der Waals surface area contributed by atoms with Gasteiger partial charge in [0.05, 0.1) is 0 Å². The summed E-state index contributed by atoms with van der Waals surface area (Å²) < 4.78 is 0. The Labute approximate surface area is 372 Å². The second kappa shape index (κ2) is 13.1. The van der Waals surface area contributed by atoms with E-state index in [0.717, 1.165) is 0 Å². The van der Waals surface area contributed by atoms with Crippen LogP contribution in [-0.2, 0) is 16.2 Å². The Balaban J connectivity index is 0.824. The molecule has 10 aromatic carbocycles. The third-order valence-corrected chi connectivity index (χ3v) is 15.1. The Kier molecular flexibility index (Phi) is 7.91. The molecule has 0 fully saturated rings. The first-order valence-corrected chi connectivity index (χ1v) is 22.7. The number of hydrogen-bond donors (Lipinski definition) is 0. The number of aryl methyl sites for hydroxylation is 1. The zero-order valence-corrected chi connectivity index (χ0v) is 37.7. The molecular formula is C63H52. The van der Waals surface area contributed by atoms with E-state index < -0.39 is 0 Å². The van der Waals surface area contributed by atoms with Gasteiger partial charge in [0, 0.05) is 10.8 Å². The predicted octanol–water partition coefficient (Wildman–Crippen LogP) is 17.5. The zero-order chi connectivity index (χ0) is 43.2. The van der Waals surface area contributed by atoms with Gasteiger partial charge in [0.25, 0.3) is 0 Å². The van der Waals surface area contributed by atoms with Crippen LogP contribution in [-0.4, -0.2) is 0 Å². The molecule has 0 bridgehead atoms. The van der Waals surface area contributed by atoms with Crippen molar-refractivity contribution in [3.63, 3.8) is 0 Å². The molecule has 0 amide bonds. The van der Waals surface area contributed by atoms with Crippen LogP contribution in [0.4, 0.5) is 0 Å². The van der Waals surface area contributed by atoms with Gasteiger partial charge >= 0.3 is 0 Å². The molecule has 0 atom stereocenters. The van der Waals surface area contributed by atoms with Gasteiger partial charge in [-0.15, -0.1) is 0 Å². The molecule has 12 rings (SSSR count). The van der Waals surface area contributed by atoms with Gasteiger partial charge in [0.2, 0.25) is 0 Å². The number of fused-ring (bicyclic) bond motifs is 6. The van der Waals surface area contributed by atoms with Crippen molar-refractivity contribution in [1.29, 1.82) is 0 Å². The third-order valence-electron chi connectivity index (χ3n) is 15.1. The second-order valence-electron chi connectivity index (χ2n) is 20.6. The van der Waals surface area contributed by atoms with Crippen LogP contribution in [0.15, 0.2) is 170 Å². The van der Waals surface area contributed by atoms with Crippen LogP contribution in [0.5, 0.6) is 0 Å². The minimum atomic E-state index is -0.117. The summed E-state index contributed by atoms with van der Waals surface area (Å²) in [5.74, 6) is 0. The Morgan fingerprint density at radius 1 is 0.333 bits per heavy atom. The molecule has 0 saturated carbocycles. The van der Waals surface area contributed by atoms with Crippen molar-refractivity contribution in [3.8, 4) is 66.8 Å². The molecule has 2 aliphatic carbocycles. The molecule has 0 spiro atoms. The highest BCUT2D eigenvalue weighted by molar-refractivity contribution is 6.26. The Hall–Kier alpha value is -6.76. The van der Waals surface area contributed by atoms with E-state index in [4.69, 9.17) is 0 Å². The molecule has 0 aromatic heterocycles. The van der Waals surface area contributed by atoms with Gasteiger partial charge in [-0.2, -0.15) is 0 Å². The molecule has 2 aliphatic rings. The van der Waals surface area contributed by atoms with E-state index in [0.29, 0.717) is 0 Å². The average Bonchev–Trinajstić information content (AvgIpc) is 3.66. The van der Waals surface area contributed by atoms with E-state index >= 15 is 0 Å². The molecule has 63 heavy (non-hydrogen) atoms. The van der Waals surface area contributed by atoms with Crippen LogP contribution in [0.2, 0.25) is 0 Å². The quantitative estimate of drug-likeness (QED) is 0.155. The van der Waals surface area contributed by atoms with E-state index in [1.807, 2.05) is 0 Å². The Bertz CT molecular complexity index is 3490. The van der Waals surface area contributed by atoms with Gasteiger partial charge in [-0.1, -0.05) is 200 Å². The summed E-state index contributed by atoms with van der Waals surface area (Å²) in [6.45, 7) is 18.7. The fourth-order valence-corrected chi connectivity index (χ4v) is 11.4. The van der Waals surface area contributed by atoms with Crippen LogP contribution in [0.3, 0.4) is 0 Å². The van der Waals surface area contributed by atoms with Crippen LogP contribution >= 0.6 is 0 Å². The highest BCUT2D eigenvalue weighted by atomic mass is 14.4. The molecular weight excluding hydrogens is 757 g/mol. The zero-order valence-electron chi connectivity index (χ0n) is 37.7. The summed E-state index contributed by atoms with van der Waals surface area (Å²) in [4.78, 5) is 0. The molecule has 0 heteroatoms. The van der Waals surface area contributed by atoms with E-state index in [1.165, 1.54) is 132 Å². The predicted molar refractivity (Wildman–Crippen MR) is 270 cm³/mol. The SMILES string of the molecule is Cc1cc(-c2ccc(-c3ccc(-c4ccc5c(c4)C(C)(C)c4cc(-c6ccc7c(c6)C(C)(C)c6ccccc6-7)ccc4-5)cc3)cc2)c2ccc3cc(C(C)(C)C)cc4ccc1c2c43. The second-order valence-corrected chi connectivity index (χ2v) is 20.6. The maximum Gasteiger partial charge on any atom is 0.0159 e. The van der Waals surface area contributed by atoms with Gasteiger partial charge in [-0.05, 0) is 163 Å². The summed E-state index contributed by atoms with van der Waals surface area (Å²) >= 11 is 0. The monoisotopic (exact) mass is 808 g/mol. The number of benzene rings is 10.